The largest absolute Gasteiger partial charge is 0.477 e. The number of amides is 3. The minimum atomic E-state index is -0.963. The molecule has 0 aliphatic heterocycles. The Kier molecular flexibility index (Phi) is 19.4. The molecule has 0 aliphatic rings. The number of aromatic carboxylic acids is 1. The maximum Gasteiger partial charge on any atom is 0.352 e. The molecule has 4 aromatic heterocycles. The lowest BCUT2D eigenvalue weighted by Gasteiger charge is -2.24. The third-order valence-electron chi connectivity index (χ3n) is 10.9. The molecular formula is C49H66N8O5S4. The van der Waals surface area contributed by atoms with E-state index < -0.39 is 5.97 Å². The molecule has 4 heterocycles. The topological polar surface area (TPSA) is 170 Å². The number of rotatable bonds is 13. The molecule has 0 bridgehead atoms. The van der Waals surface area contributed by atoms with Gasteiger partial charge in [0.15, 0.2) is 0 Å². The van der Waals surface area contributed by atoms with Gasteiger partial charge in [-0.25, -0.2) is 4.79 Å². The highest BCUT2D eigenvalue weighted by molar-refractivity contribution is 8.29. The average Bonchev–Trinajstić information content (AvgIpc) is 4.02. The minimum absolute atomic E-state index is 0. The second kappa shape index (κ2) is 23.3. The Morgan fingerprint density at radius 3 is 1.23 bits per heavy atom. The summed E-state index contributed by atoms with van der Waals surface area (Å²) >= 11 is 10.5. The number of hydrogen-bond donors (Lipinski definition) is 5. The van der Waals surface area contributed by atoms with Crippen LogP contribution >= 0.6 is 0 Å². The number of nitrogens with zero attached hydrogens (tertiary/aromatic N) is 4. The number of nitrogens with two attached hydrogens (primary N) is 1. The van der Waals surface area contributed by atoms with E-state index >= 15 is 0 Å². The second-order valence-electron chi connectivity index (χ2n) is 17.2. The summed E-state index contributed by atoms with van der Waals surface area (Å²) in [6, 6.07) is 22.1. The first-order chi connectivity index (χ1) is 30.3. The Balaban J connectivity index is 0.000000302. The van der Waals surface area contributed by atoms with Crippen LogP contribution in [0.15, 0.2) is 97.6 Å². The number of aryl methyl sites for hydroxylation is 6. The lowest BCUT2D eigenvalue weighted by molar-refractivity contribution is 0.0685. The van der Waals surface area contributed by atoms with E-state index in [1.807, 2.05) is 130 Å². The molecule has 66 heavy (non-hydrogen) atoms. The average molecular weight is 975 g/mol. The smallest absolute Gasteiger partial charge is 0.352 e. The van der Waals surface area contributed by atoms with Crippen LogP contribution < -0.4 is 21.7 Å². The Morgan fingerprint density at radius 1 is 0.576 bits per heavy atom. The summed E-state index contributed by atoms with van der Waals surface area (Å²) in [6.07, 6.45) is 11.6. The van der Waals surface area contributed by atoms with Crippen LogP contribution in [0.3, 0.4) is 0 Å². The van der Waals surface area contributed by atoms with E-state index in [0.717, 1.165) is 33.4 Å². The van der Waals surface area contributed by atoms with E-state index in [9.17, 15) is 19.2 Å². The molecule has 2 atom stereocenters. The SMILES string of the molecule is C.CS(=S)C(C)(C)CN.Cc1cc(C(=O)Nc2ccc(-c3cc(C(=O)NCC(C)(C)S(C)=S)n(C)c3)cc2)n(C)c1.Cc1cc(C(=O)Nc2ccc(-c3cc(C(=O)O)n(C)c3)cc2)n(C)c1. The van der Waals surface area contributed by atoms with Gasteiger partial charge >= 0.3 is 5.97 Å². The van der Waals surface area contributed by atoms with Crippen molar-refractivity contribution in [3.63, 3.8) is 0 Å². The van der Waals surface area contributed by atoms with E-state index in [1.54, 1.807) is 40.6 Å². The number of aromatic nitrogens is 4. The van der Waals surface area contributed by atoms with Crippen LogP contribution in [0, 0.1) is 13.8 Å². The quantitative estimate of drug-likeness (QED) is 0.0772. The lowest BCUT2D eigenvalue weighted by Crippen LogP contribution is -2.41. The molecular weight excluding hydrogens is 909 g/mol. The maximum atomic E-state index is 12.7. The van der Waals surface area contributed by atoms with Gasteiger partial charge in [-0.2, -0.15) is 0 Å². The standard InChI is InChI=1S/C24H30N4O2S2.C19H19N3O3.C5H13NS2.CH4/c1-16-11-20(27(4)13-16)23(30)26-19-9-7-17(8-10-19)18-12-21(28(5)14-18)22(29)25-15-24(2,3)32(6)31;1-12-8-16(21(2)10-12)18(23)20-15-6-4-13(5-7-15)14-9-17(19(24)25)22(3)11-14;1-5(2,4-6)8(3)7;/h7-14H,15H2,1-6H3,(H,25,29)(H,26,30);4-11H,1-3H3,(H,20,23)(H,24,25);4,6H2,1-3H3;1H4. The molecule has 6 aromatic rings. The molecule has 0 aliphatic carbocycles. The predicted molar refractivity (Wildman–Crippen MR) is 282 cm³/mol. The van der Waals surface area contributed by atoms with E-state index in [2.05, 4.69) is 43.6 Å². The van der Waals surface area contributed by atoms with Gasteiger partial charge in [0.1, 0.15) is 22.8 Å². The predicted octanol–water partition coefficient (Wildman–Crippen LogP) is 8.17. The molecule has 0 saturated carbocycles. The first-order valence-corrected chi connectivity index (χ1v) is 25.8. The molecule has 0 fully saturated rings. The number of carboxylic acid groups (broad SMARTS) is 1. The van der Waals surface area contributed by atoms with Gasteiger partial charge in [0.05, 0.1) is 0 Å². The highest BCUT2D eigenvalue weighted by atomic mass is 32.8. The number of carbonyl (C=O) groups excluding carboxylic acids is 3. The molecule has 17 heteroatoms. The molecule has 3 amide bonds. The van der Waals surface area contributed by atoms with Crippen molar-refractivity contribution >= 4 is 76.4 Å². The maximum absolute atomic E-state index is 12.7. The third-order valence-corrected chi connectivity index (χ3v) is 17.0. The Hall–Kier alpha value is -5.46. The lowest BCUT2D eigenvalue weighted by atomic mass is 10.1. The summed E-state index contributed by atoms with van der Waals surface area (Å²) < 4.78 is 7.03. The molecule has 0 spiro atoms. The van der Waals surface area contributed by atoms with Crippen molar-refractivity contribution in [2.75, 3.05) is 36.2 Å². The van der Waals surface area contributed by atoms with E-state index in [0.29, 0.717) is 41.5 Å². The van der Waals surface area contributed by atoms with E-state index in [1.165, 1.54) is 0 Å². The van der Waals surface area contributed by atoms with Crippen molar-refractivity contribution in [2.24, 2.45) is 33.9 Å². The second-order valence-corrected chi connectivity index (χ2v) is 24.2. The zero-order valence-electron chi connectivity index (χ0n) is 39.2. The first kappa shape index (κ1) is 54.9. The highest BCUT2D eigenvalue weighted by Gasteiger charge is 2.22. The summed E-state index contributed by atoms with van der Waals surface area (Å²) in [7, 11) is 7.06. The van der Waals surface area contributed by atoms with Gasteiger partial charge in [-0.15, -0.1) is 18.9 Å². The molecule has 6 rings (SSSR count). The summed E-state index contributed by atoms with van der Waals surface area (Å²) in [4.78, 5) is 48.7. The molecule has 2 unspecified atom stereocenters. The fourth-order valence-corrected chi connectivity index (χ4v) is 7.17. The number of carboxylic acids is 1. The molecule has 13 nitrogen and oxygen atoms in total. The first-order valence-electron chi connectivity index (χ1n) is 20.6. The highest BCUT2D eigenvalue weighted by Crippen LogP contribution is 2.26. The van der Waals surface area contributed by atoms with Crippen LogP contribution in [-0.2, 0) is 69.5 Å². The Bertz CT molecular complexity index is 2700. The minimum Gasteiger partial charge on any atom is -0.477 e. The van der Waals surface area contributed by atoms with Gasteiger partial charge in [-0.05, 0) is 125 Å². The zero-order chi connectivity index (χ0) is 48.6. The molecule has 0 saturated heterocycles. The Morgan fingerprint density at radius 2 is 0.924 bits per heavy atom. The van der Waals surface area contributed by atoms with Gasteiger partial charge < -0.3 is 45.1 Å². The van der Waals surface area contributed by atoms with Crippen molar-refractivity contribution in [2.45, 2.75) is 58.5 Å². The Labute approximate surface area is 404 Å². The number of anilines is 2. The van der Waals surface area contributed by atoms with Crippen molar-refractivity contribution in [3.05, 3.63) is 131 Å². The van der Waals surface area contributed by atoms with Gasteiger partial charge in [-0.1, -0.05) is 54.1 Å². The number of nitrogens with one attached hydrogen (secondary N) is 3. The van der Waals surface area contributed by atoms with Crippen molar-refractivity contribution < 1.29 is 24.3 Å². The van der Waals surface area contributed by atoms with Gasteiger partial charge in [0.25, 0.3) is 17.7 Å². The summed E-state index contributed by atoms with van der Waals surface area (Å²) in [5.74, 6) is -1.40. The summed E-state index contributed by atoms with van der Waals surface area (Å²) in [6.45, 7) is 13.5. The number of hydrogen-bond acceptors (Lipinski definition) is 7. The summed E-state index contributed by atoms with van der Waals surface area (Å²) in [5.41, 5.74) is 14.5. The van der Waals surface area contributed by atoms with E-state index in [4.69, 9.17) is 33.2 Å². The van der Waals surface area contributed by atoms with Gasteiger partial charge in [0, 0.05) is 98.1 Å². The van der Waals surface area contributed by atoms with Crippen molar-refractivity contribution in [1.82, 2.24) is 23.6 Å². The van der Waals surface area contributed by atoms with Crippen LogP contribution in [0.25, 0.3) is 22.3 Å². The molecule has 2 aromatic carbocycles. The summed E-state index contributed by atoms with van der Waals surface area (Å²) in [5, 5.41) is 17.9. The normalized spacial score (nSPS) is 12.0. The number of benzene rings is 2. The van der Waals surface area contributed by atoms with Crippen molar-refractivity contribution in [3.8, 4) is 22.3 Å². The van der Waals surface area contributed by atoms with Crippen LogP contribution in [0.2, 0.25) is 0 Å². The van der Waals surface area contributed by atoms with Crippen LogP contribution in [-0.4, -0.2) is 82.2 Å². The zero-order valence-corrected chi connectivity index (χ0v) is 42.5. The van der Waals surface area contributed by atoms with Gasteiger partial charge in [-0.3, -0.25) is 14.4 Å². The van der Waals surface area contributed by atoms with Crippen LogP contribution in [0.1, 0.15) is 88.2 Å². The fraction of sp³-hybridized carbons (Fsp3) is 0.347. The van der Waals surface area contributed by atoms with Crippen LogP contribution in [0.4, 0.5) is 11.4 Å². The number of carbonyl (C=O) groups is 4. The molecule has 6 N–H and O–H groups in total. The molecule has 356 valence electrons. The monoisotopic (exact) mass is 974 g/mol. The van der Waals surface area contributed by atoms with Gasteiger partial charge in [0.2, 0.25) is 0 Å². The third kappa shape index (κ3) is 14.5. The van der Waals surface area contributed by atoms with Crippen LogP contribution in [0.5, 0.6) is 0 Å². The fourth-order valence-electron chi connectivity index (χ4n) is 6.28. The van der Waals surface area contributed by atoms with E-state index in [-0.39, 0.29) is 59.2 Å². The molecule has 0 radical (unpaired) electrons. The van der Waals surface area contributed by atoms with Crippen molar-refractivity contribution in [1.29, 1.82) is 0 Å².